The molecule has 0 saturated heterocycles. The molecule has 2 heteroatoms. The highest BCUT2D eigenvalue weighted by Crippen LogP contribution is 2.22. The highest BCUT2D eigenvalue weighted by atomic mass is 32.1. The first-order valence-corrected chi connectivity index (χ1v) is 8.96. The van der Waals surface area contributed by atoms with Crippen molar-refractivity contribution in [1.82, 2.24) is 0 Å². The van der Waals surface area contributed by atoms with Crippen LogP contribution in [0.25, 0.3) is 0 Å². The van der Waals surface area contributed by atoms with Crippen LogP contribution in [-0.2, 0) is 12.8 Å². The molecular weight excluding hydrogens is 264 g/mol. The van der Waals surface area contributed by atoms with E-state index in [4.69, 9.17) is 4.42 Å². The standard InChI is InChI=1S/C18H32OS/c1-4-7-9-15(6-3)13-16-11-12-17(19-16)14-18(20)10-8-5-2/h11-12,15,18,20H,4-10,13-14H2,1-3H3. The number of rotatable bonds is 11. The van der Waals surface area contributed by atoms with Crippen molar-refractivity contribution in [3.8, 4) is 0 Å². The summed E-state index contributed by atoms with van der Waals surface area (Å²) in [5, 5.41) is 0.441. The highest BCUT2D eigenvalue weighted by molar-refractivity contribution is 7.80. The van der Waals surface area contributed by atoms with Gasteiger partial charge in [0.25, 0.3) is 0 Å². The second-order valence-electron chi connectivity index (χ2n) is 5.99. The lowest BCUT2D eigenvalue weighted by atomic mass is 9.95. The maximum Gasteiger partial charge on any atom is 0.105 e. The predicted octanol–water partition coefficient (Wildman–Crippen LogP) is 6.07. The third kappa shape index (κ3) is 6.88. The first-order chi connectivity index (χ1) is 9.69. The van der Waals surface area contributed by atoms with Crippen LogP contribution in [-0.4, -0.2) is 5.25 Å². The van der Waals surface area contributed by atoms with E-state index in [1.165, 1.54) is 50.7 Å². The highest BCUT2D eigenvalue weighted by Gasteiger charge is 2.12. The molecule has 1 heterocycles. The molecule has 1 aromatic rings. The van der Waals surface area contributed by atoms with Crippen LogP contribution in [0.5, 0.6) is 0 Å². The summed E-state index contributed by atoms with van der Waals surface area (Å²) in [6.07, 6.45) is 11.0. The molecule has 2 atom stereocenters. The first-order valence-electron chi connectivity index (χ1n) is 8.45. The predicted molar refractivity (Wildman–Crippen MR) is 91.7 cm³/mol. The molecule has 20 heavy (non-hydrogen) atoms. The SMILES string of the molecule is CCCCC(S)Cc1ccc(CC(CC)CCCC)o1. The van der Waals surface area contributed by atoms with E-state index in [2.05, 4.69) is 45.5 Å². The van der Waals surface area contributed by atoms with Crippen molar-refractivity contribution in [3.63, 3.8) is 0 Å². The number of furan rings is 1. The van der Waals surface area contributed by atoms with Crippen LogP contribution in [0.15, 0.2) is 16.5 Å². The quantitative estimate of drug-likeness (QED) is 0.489. The fourth-order valence-electron chi connectivity index (χ4n) is 2.64. The average molecular weight is 297 g/mol. The van der Waals surface area contributed by atoms with E-state index in [9.17, 15) is 0 Å². The van der Waals surface area contributed by atoms with Crippen LogP contribution in [0.4, 0.5) is 0 Å². The summed E-state index contributed by atoms with van der Waals surface area (Å²) >= 11 is 4.66. The molecule has 2 unspecified atom stereocenters. The van der Waals surface area contributed by atoms with Gasteiger partial charge in [-0.25, -0.2) is 0 Å². The molecule has 116 valence electrons. The van der Waals surface area contributed by atoms with Crippen molar-refractivity contribution in [1.29, 1.82) is 0 Å². The zero-order chi connectivity index (χ0) is 14.8. The van der Waals surface area contributed by atoms with Gasteiger partial charge in [-0.1, -0.05) is 59.3 Å². The monoisotopic (exact) mass is 296 g/mol. The van der Waals surface area contributed by atoms with E-state index in [1.54, 1.807) is 0 Å². The Kier molecular flexibility index (Phi) is 9.17. The number of hydrogen-bond acceptors (Lipinski definition) is 2. The first kappa shape index (κ1) is 17.7. The molecule has 0 bridgehead atoms. The molecule has 0 radical (unpaired) electrons. The van der Waals surface area contributed by atoms with E-state index in [0.29, 0.717) is 5.25 Å². The second kappa shape index (κ2) is 10.4. The number of thiol groups is 1. The molecule has 0 saturated carbocycles. The Morgan fingerprint density at radius 2 is 1.55 bits per heavy atom. The Hall–Kier alpha value is -0.370. The van der Waals surface area contributed by atoms with Gasteiger partial charge in [-0.3, -0.25) is 0 Å². The van der Waals surface area contributed by atoms with Gasteiger partial charge in [0.05, 0.1) is 0 Å². The average Bonchev–Trinajstić information content (AvgIpc) is 2.88. The lowest BCUT2D eigenvalue weighted by Gasteiger charge is -2.12. The van der Waals surface area contributed by atoms with E-state index >= 15 is 0 Å². The maximum atomic E-state index is 6.00. The van der Waals surface area contributed by atoms with E-state index in [-0.39, 0.29) is 0 Å². The summed E-state index contributed by atoms with van der Waals surface area (Å²) in [7, 11) is 0. The van der Waals surface area contributed by atoms with Crippen LogP contribution in [0.2, 0.25) is 0 Å². The molecule has 1 rings (SSSR count). The maximum absolute atomic E-state index is 6.00. The van der Waals surface area contributed by atoms with Crippen molar-refractivity contribution in [2.24, 2.45) is 5.92 Å². The summed E-state index contributed by atoms with van der Waals surface area (Å²) in [5.74, 6) is 3.06. The number of unbranched alkanes of at least 4 members (excludes halogenated alkanes) is 2. The minimum atomic E-state index is 0.441. The van der Waals surface area contributed by atoms with E-state index < -0.39 is 0 Å². The molecule has 0 aromatic carbocycles. The summed E-state index contributed by atoms with van der Waals surface area (Å²) in [6.45, 7) is 6.78. The van der Waals surface area contributed by atoms with Gasteiger partial charge in [0, 0.05) is 18.1 Å². The Bertz CT molecular complexity index is 345. The topological polar surface area (TPSA) is 13.1 Å². The Morgan fingerprint density at radius 1 is 0.950 bits per heavy atom. The van der Waals surface area contributed by atoms with Crippen LogP contribution in [0.3, 0.4) is 0 Å². The third-order valence-corrected chi connectivity index (χ3v) is 4.52. The molecule has 0 aliphatic carbocycles. The van der Waals surface area contributed by atoms with Gasteiger partial charge in [-0.05, 0) is 24.5 Å². The van der Waals surface area contributed by atoms with Gasteiger partial charge in [-0.2, -0.15) is 12.6 Å². The minimum absolute atomic E-state index is 0.441. The van der Waals surface area contributed by atoms with Crippen LogP contribution < -0.4 is 0 Å². The van der Waals surface area contributed by atoms with Crippen LogP contribution in [0, 0.1) is 5.92 Å². The summed E-state index contributed by atoms with van der Waals surface area (Å²) in [6, 6.07) is 4.32. The van der Waals surface area contributed by atoms with E-state index in [0.717, 1.165) is 24.5 Å². The smallest absolute Gasteiger partial charge is 0.105 e. The summed E-state index contributed by atoms with van der Waals surface area (Å²) < 4.78 is 6.00. The molecule has 0 aliphatic heterocycles. The molecule has 0 aliphatic rings. The lowest BCUT2D eigenvalue weighted by Crippen LogP contribution is -2.03. The third-order valence-electron chi connectivity index (χ3n) is 4.08. The van der Waals surface area contributed by atoms with Gasteiger partial charge in [0.1, 0.15) is 11.5 Å². The van der Waals surface area contributed by atoms with Crippen molar-refractivity contribution in [3.05, 3.63) is 23.7 Å². The Labute approximate surface area is 130 Å². The lowest BCUT2D eigenvalue weighted by molar-refractivity contribution is 0.385. The molecule has 0 fully saturated rings. The zero-order valence-corrected chi connectivity index (χ0v) is 14.4. The van der Waals surface area contributed by atoms with Crippen LogP contribution in [0.1, 0.15) is 77.2 Å². The van der Waals surface area contributed by atoms with Gasteiger partial charge in [0.2, 0.25) is 0 Å². The van der Waals surface area contributed by atoms with Crippen molar-refractivity contribution >= 4 is 12.6 Å². The van der Waals surface area contributed by atoms with Gasteiger partial charge < -0.3 is 4.42 Å². The fraction of sp³-hybridized carbons (Fsp3) is 0.778. The molecule has 0 spiro atoms. The second-order valence-corrected chi connectivity index (χ2v) is 6.72. The number of hydrogen-bond donors (Lipinski definition) is 1. The van der Waals surface area contributed by atoms with E-state index in [1.807, 2.05) is 0 Å². The molecule has 1 aromatic heterocycles. The normalized spacial score (nSPS) is 14.4. The molecule has 0 amide bonds. The Morgan fingerprint density at radius 3 is 2.15 bits per heavy atom. The largest absolute Gasteiger partial charge is 0.466 e. The fourth-order valence-corrected chi connectivity index (χ4v) is 3.01. The van der Waals surface area contributed by atoms with Crippen molar-refractivity contribution in [2.45, 2.75) is 83.8 Å². The van der Waals surface area contributed by atoms with Crippen LogP contribution >= 0.6 is 12.6 Å². The van der Waals surface area contributed by atoms with Gasteiger partial charge in [-0.15, -0.1) is 0 Å². The van der Waals surface area contributed by atoms with Crippen molar-refractivity contribution < 1.29 is 4.42 Å². The molecule has 0 N–H and O–H groups in total. The summed E-state index contributed by atoms with van der Waals surface area (Å²) in [5.41, 5.74) is 0. The summed E-state index contributed by atoms with van der Waals surface area (Å²) in [4.78, 5) is 0. The Balaban J connectivity index is 2.41. The molecular formula is C18H32OS. The van der Waals surface area contributed by atoms with Gasteiger partial charge in [0.15, 0.2) is 0 Å². The van der Waals surface area contributed by atoms with Crippen molar-refractivity contribution in [2.75, 3.05) is 0 Å². The van der Waals surface area contributed by atoms with Gasteiger partial charge >= 0.3 is 0 Å². The minimum Gasteiger partial charge on any atom is -0.466 e. The molecule has 1 nitrogen and oxygen atoms in total. The zero-order valence-electron chi connectivity index (χ0n) is 13.5.